The summed E-state index contributed by atoms with van der Waals surface area (Å²) < 4.78 is 68.2. The molecule has 4 aromatic carbocycles. The van der Waals surface area contributed by atoms with E-state index in [-0.39, 0.29) is 26.7 Å². The van der Waals surface area contributed by atoms with Gasteiger partial charge in [0.15, 0.2) is 5.78 Å². The number of carbonyl (C=O) groups excluding carboxylic acids is 1. The number of ether oxygens (including phenoxy) is 2. The van der Waals surface area contributed by atoms with Crippen LogP contribution in [0, 0.1) is 0 Å². The van der Waals surface area contributed by atoms with Crippen molar-refractivity contribution in [3.05, 3.63) is 107 Å². The molecule has 50 heavy (non-hydrogen) atoms. The van der Waals surface area contributed by atoms with Gasteiger partial charge in [-0.3, -0.25) is 14.6 Å². The highest BCUT2D eigenvalue weighted by molar-refractivity contribution is 7.89. The molecule has 0 N–H and O–H groups in total. The molecule has 11 nitrogen and oxygen atoms in total. The normalized spacial score (nSPS) is 17.8. The lowest BCUT2D eigenvalue weighted by atomic mass is 10.1. The van der Waals surface area contributed by atoms with E-state index < -0.39 is 20.0 Å². The second-order valence-corrected chi connectivity index (χ2v) is 16.7. The van der Waals surface area contributed by atoms with E-state index in [4.69, 9.17) is 9.47 Å². The van der Waals surface area contributed by atoms with E-state index in [1.54, 1.807) is 26.4 Å². The van der Waals surface area contributed by atoms with Gasteiger partial charge in [0, 0.05) is 76.6 Å². The predicted molar refractivity (Wildman–Crippen MR) is 189 cm³/mol. The third kappa shape index (κ3) is 6.69. The van der Waals surface area contributed by atoms with Crippen LogP contribution in [0.2, 0.25) is 0 Å². The Kier molecular flexibility index (Phi) is 9.54. The van der Waals surface area contributed by atoms with Crippen molar-refractivity contribution in [1.82, 2.24) is 18.4 Å². The Morgan fingerprint density at radius 2 is 0.860 bits per heavy atom. The molecule has 0 radical (unpaired) electrons. The SMILES string of the molecule is COc1ccc(CN2CCN(S(=O)(=O)c3ccc4c(c3)C(=O)c3cc(S(=O)(=O)N5CCN(Cc6ccc(OC)cc6)CC5)ccc3-4)CC2)cc1. The number of methoxy groups -OCH3 is 2. The molecule has 3 aliphatic rings. The average molecular weight is 717 g/mol. The van der Waals surface area contributed by atoms with Crippen LogP contribution in [-0.4, -0.2) is 108 Å². The average Bonchev–Trinajstić information content (AvgIpc) is 3.43. The lowest BCUT2D eigenvalue weighted by Gasteiger charge is -2.34. The monoisotopic (exact) mass is 716 g/mol. The van der Waals surface area contributed by atoms with Crippen LogP contribution >= 0.6 is 0 Å². The zero-order valence-corrected chi connectivity index (χ0v) is 29.8. The van der Waals surface area contributed by atoms with Gasteiger partial charge < -0.3 is 9.47 Å². The fraction of sp³-hybridized carbons (Fsp3) is 0.324. The van der Waals surface area contributed by atoms with E-state index in [1.807, 2.05) is 48.5 Å². The molecule has 0 aromatic heterocycles. The summed E-state index contributed by atoms with van der Waals surface area (Å²) in [5.74, 6) is 1.20. The first kappa shape index (κ1) is 34.3. The number of fused-ring (bicyclic) bond motifs is 3. The fourth-order valence-corrected chi connectivity index (χ4v) is 9.79. The van der Waals surface area contributed by atoms with Gasteiger partial charge in [0.25, 0.3) is 0 Å². The lowest BCUT2D eigenvalue weighted by Crippen LogP contribution is -2.48. The third-order valence-electron chi connectivity index (χ3n) is 9.83. The largest absolute Gasteiger partial charge is 0.497 e. The van der Waals surface area contributed by atoms with Crippen LogP contribution in [0.4, 0.5) is 0 Å². The van der Waals surface area contributed by atoms with Crippen LogP contribution in [0.3, 0.4) is 0 Å². The van der Waals surface area contributed by atoms with Gasteiger partial charge in [-0.25, -0.2) is 16.8 Å². The number of sulfonamides is 2. The highest BCUT2D eigenvalue weighted by Crippen LogP contribution is 2.39. The van der Waals surface area contributed by atoms with Crippen molar-refractivity contribution in [2.24, 2.45) is 0 Å². The number of nitrogens with zero attached hydrogens (tertiary/aromatic N) is 4. The first-order chi connectivity index (χ1) is 24.1. The van der Waals surface area contributed by atoms with Crippen molar-refractivity contribution in [3.8, 4) is 22.6 Å². The van der Waals surface area contributed by atoms with Gasteiger partial charge in [-0.2, -0.15) is 8.61 Å². The Bertz CT molecular complexity index is 1960. The van der Waals surface area contributed by atoms with E-state index in [0.29, 0.717) is 76.6 Å². The summed E-state index contributed by atoms with van der Waals surface area (Å²) in [5, 5.41) is 0. The highest BCUT2D eigenvalue weighted by atomic mass is 32.2. The van der Waals surface area contributed by atoms with Gasteiger partial charge >= 0.3 is 0 Å². The van der Waals surface area contributed by atoms with Gasteiger partial charge in [0.05, 0.1) is 24.0 Å². The summed E-state index contributed by atoms with van der Waals surface area (Å²) in [6.07, 6.45) is 0. The molecule has 2 fully saturated rings. The lowest BCUT2D eigenvalue weighted by molar-refractivity contribution is 0.104. The molecule has 0 saturated carbocycles. The summed E-state index contributed by atoms with van der Waals surface area (Å²) in [6.45, 7) is 5.07. The van der Waals surface area contributed by atoms with Crippen LogP contribution in [0.15, 0.2) is 94.7 Å². The Hall–Kier alpha value is -4.11. The number of piperazine rings is 2. The summed E-state index contributed by atoms with van der Waals surface area (Å²) >= 11 is 0. The quantitative estimate of drug-likeness (QED) is 0.212. The summed E-state index contributed by atoms with van der Waals surface area (Å²) in [4.78, 5) is 18.2. The molecule has 7 rings (SSSR count). The molecular formula is C37H40N4O7S2. The fourth-order valence-electron chi connectivity index (χ4n) is 6.89. The van der Waals surface area contributed by atoms with Gasteiger partial charge in [-0.15, -0.1) is 0 Å². The molecule has 0 spiro atoms. The summed E-state index contributed by atoms with van der Waals surface area (Å²) in [7, 11) is -4.44. The Morgan fingerprint density at radius 1 is 0.500 bits per heavy atom. The van der Waals surface area contributed by atoms with Crippen molar-refractivity contribution in [1.29, 1.82) is 0 Å². The maximum Gasteiger partial charge on any atom is 0.243 e. The Labute approximate surface area is 293 Å². The van der Waals surface area contributed by atoms with Crippen molar-refractivity contribution in [2.75, 3.05) is 66.6 Å². The molecule has 13 heteroatoms. The minimum Gasteiger partial charge on any atom is -0.497 e. The molecule has 1 aliphatic carbocycles. The molecule has 0 unspecified atom stereocenters. The number of hydrogen-bond donors (Lipinski definition) is 0. The smallest absolute Gasteiger partial charge is 0.243 e. The van der Waals surface area contributed by atoms with Crippen molar-refractivity contribution >= 4 is 25.8 Å². The second-order valence-electron chi connectivity index (χ2n) is 12.8. The molecule has 0 amide bonds. The van der Waals surface area contributed by atoms with Crippen LogP contribution in [0.1, 0.15) is 27.0 Å². The summed E-state index contributed by atoms with van der Waals surface area (Å²) in [6, 6.07) is 24.9. The number of ketones is 1. The van der Waals surface area contributed by atoms with E-state index in [1.165, 1.54) is 32.9 Å². The Balaban J connectivity index is 1.00. The standard InChI is InChI=1S/C37H40N4O7S2/c1-47-29-7-3-27(4-8-29)25-38-15-19-40(20-16-38)49(43,44)31-11-13-33-34-14-12-32(24-36(34)37(42)35(33)23-31)50(45,46)41-21-17-39(18-22-41)26-28-5-9-30(48-2)10-6-28/h3-14,23-24H,15-22,25-26H2,1-2H3. The first-order valence-electron chi connectivity index (χ1n) is 16.6. The van der Waals surface area contributed by atoms with Gasteiger partial charge in [0.2, 0.25) is 20.0 Å². The highest BCUT2D eigenvalue weighted by Gasteiger charge is 2.35. The van der Waals surface area contributed by atoms with Crippen LogP contribution in [0.5, 0.6) is 11.5 Å². The van der Waals surface area contributed by atoms with Crippen LogP contribution < -0.4 is 9.47 Å². The van der Waals surface area contributed by atoms with E-state index in [9.17, 15) is 21.6 Å². The van der Waals surface area contributed by atoms with Crippen LogP contribution in [0.25, 0.3) is 11.1 Å². The molecule has 262 valence electrons. The molecule has 2 heterocycles. The first-order valence-corrected chi connectivity index (χ1v) is 19.5. The molecular weight excluding hydrogens is 677 g/mol. The second kappa shape index (κ2) is 13.9. The minimum absolute atomic E-state index is 0.0568. The van der Waals surface area contributed by atoms with Gasteiger partial charge in [-0.05, 0) is 70.8 Å². The molecule has 0 bridgehead atoms. The van der Waals surface area contributed by atoms with Crippen molar-refractivity contribution in [3.63, 3.8) is 0 Å². The molecule has 2 saturated heterocycles. The molecule has 2 aliphatic heterocycles. The topological polar surface area (TPSA) is 117 Å². The maximum absolute atomic E-state index is 13.7. The van der Waals surface area contributed by atoms with Crippen LogP contribution in [-0.2, 0) is 33.1 Å². The molecule has 0 atom stereocenters. The van der Waals surface area contributed by atoms with Gasteiger partial charge in [-0.1, -0.05) is 36.4 Å². The molecule has 4 aromatic rings. The predicted octanol–water partition coefficient (Wildman–Crippen LogP) is 3.93. The number of hydrogen-bond acceptors (Lipinski definition) is 9. The third-order valence-corrected chi connectivity index (χ3v) is 13.6. The van der Waals surface area contributed by atoms with Crippen molar-refractivity contribution < 1.29 is 31.1 Å². The Morgan fingerprint density at radius 3 is 1.20 bits per heavy atom. The van der Waals surface area contributed by atoms with E-state index in [2.05, 4.69) is 9.80 Å². The maximum atomic E-state index is 13.7. The zero-order valence-electron chi connectivity index (χ0n) is 28.1. The number of benzene rings is 4. The number of carbonyl (C=O) groups is 1. The van der Waals surface area contributed by atoms with Crippen molar-refractivity contribution in [2.45, 2.75) is 22.9 Å². The summed E-state index contributed by atoms with van der Waals surface area (Å²) in [5.41, 5.74) is 3.98. The van der Waals surface area contributed by atoms with Gasteiger partial charge in [0.1, 0.15) is 11.5 Å². The van der Waals surface area contributed by atoms with E-state index in [0.717, 1.165) is 22.6 Å². The zero-order chi connectivity index (χ0) is 35.0. The van der Waals surface area contributed by atoms with E-state index >= 15 is 0 Å². The number of rotatable bonds is 10. The minimum atomic E-state index is -3.85.